The monoisotopic (exact) mass is 501 g/mol. The molecule has 0 spiro atoms. The zero-order valence-electron chi connectivity index (χ0n) is 20.6. The molecule has 2 heterocycles. The van der Waals surface area contributed by atoms with Gasteiger partial charge in [-0.2, -0.15) is 0 Å². The van der Waals surface area contributed by atoms with E-state index in [4.69, 9.17) is 14.5 Å². The fourth-order valence-electron chi connectivity index (χ4n) is 4.40. The van der Waals surface area contributed by atoms with Crippen molar-refractivity contribution in [3.05, 3.63) is 83.9 Å². The number of ether oxygens (including phenoxy) is 2. The summed E-state index contributed by atoms with van der Waals surface area (Å²) in [5.74, 6) is 1.42. The van der Waals surface area contributed by atoms with E-state index in [1.54, 1.807) is 11.3 Å². The summed E-state index contributed by atoms with van der Waals surface area (Å²) in [5.41, 5.74) is 2.83. The number of amides is 1. The summed E-state index contributed by atoms with van der Waals surface area (Å²) in [6.45, 7) is 7.12. The zero-order valence-corrected chi connectivity index (χ0v) is 21.4. The summed E-state index contributed by atoms with van der Waals surface area (Å²) in [6.07, 6.45) is 1.78. The van der Waals surface area contributed by atoms with E-state index in [1.165, 1.54) is 5.56 Å². The lowest BCUT2D eigenvalue weighted by atomic mass is 10.1. The summed E-state index contributed by atoms with van der Waals surface area (Å²) in [7, 11) is 0. The molecule has 1 aliphatic heterocycles. The van der Waals surface area contributed by atoms with E-state index in [2.05, 4.69) is 30.0 Å². The van der Waals surface area contributed by atoms with Crippen molar-refractivity contribution in [2.24, 2.45) is 0 Å². The van der Waals surface area contributed by atoms with Crippen LogP contribution >= 0.6 is 11.3 Å². The fourth-order valence-corrected chi connectivity index (χ4v) is 5.44. The van der Waals surface area contributed by atoms with E-state index in [0.717, 1.165) is 66.8 Å². The second-order valence-electron chi connectivity index (χ2n) is 8.82. The Bertz CT molecular complexity index is 1280. The van der Waals surface area contributed by atoms with Crippen molar-refractivity contribution in [3.63, 3.8) is 0 Å². The van der Waals surface area contributed by atoms with Gasteiger partial charge >= 0.3 is 0 Å². The summed E-state index contributed by atoms with van der Waals surface area (Å²) < 4.78 is 12.5. The van der Waals surface area contributed by atoms with Crippen LogP contribution in [0.15, 0.2) is 72.8 Å². The van der Waals surface area contributed by atoms with Gasteiger partial charge in [-0.1, -0.05) is 48.6 Å². The van der Waals surface area contributed by atoms with Gasteiger partial charge in [0.15, 0.2) is 5.13 Å². The molecule has 0 radical (unpaired) electrons. The predicted molar refractivity (Wildman–Crippen MR) is 146 cm³/mol. The second-order valence-corrected chi connectivity index (χ2v) is 9.83. The molecule has 36 heavy (non-hydrogen) atoms. The normalized spacial score (nSPS) is 14.1. The SMILES string of the molecule is CCc1cccc2sc(N(CCCN3CCOCC3)C(=O)c3ccc(Oc4ccccc4)cc3)nc12. The molecular weight excluding hydrogens is 470 g/mol. The lowest BCUT2D eigenvalue weighted by Gasteiger charge is -2.27. The third kappa shape index (κ3) is 5.75. The van der Waals surface area contributed by atoms with Crippen LogP contribution in [0.1, 0.15) is 29.3 Å². The number of carbonyl (C=O) groups is 1. The first-order chi connectivity index (χ1) is 17.7. The maximum absolute atomic E-state index is 13.7. The van der Waals surface area contributed by atoms with Gasteiger partial charge in [-0.05, 0) is 60.9 Å². The summed E-state index contributed by atoms with van der Waals surface area (Å²) >= 11 is 1.58. The first-order valence-corrected chi connectivity index (χ1v) is 13.4. The van der Waals surface area contributed by atoms with Crippen molar-refractivity contribution < 1.29 is 14.3 Å². The maximum atomic E-state index is 13.7. The molecule has 0 bridgehead atoms. The highest BCUT2D eigenvalue weighted by Gasteiger charge is 2.22. The highest BCUT2D eigenvalue weighted by Crippen LogP contribution is 2.32. The standard InChI is InChI=1S/C29H31N3O3S/c1-2-22-8-6-11-26-27(22)30-29(36-26)32(17-7-16-31-18-20-34-21-19-31)28(33)23-12-14-25(15-13-23)35-24-9-4-3-5-10-24/h3-6,8-15H,2,7,16-21H2,1H3. The molecule has 0 aliphatic carbocycles. The van der Waals surface area contributed by atoms with Crippen LogP contribution in [-0.4, -0.2) is 55.2 Å². The Balaban J connectivity index is 1.36. The molecule has 1 aromatic heterocycles. The Hall–Kier alpha value is -3.26. The number of thiazole rings is 1. The highest BCUT2D eigenvalue weighted by molar-refractivity contribution is 7.22. The number of hydrogen-bond acceptors (Lipinski definition) is 6. The number of fused-ring (bicyclic) bond motifs is 1. The second kappa shape index (κ2) is 11.6. The minimum absolute atomic E-state index is 0.0413. The Labute approximate surface area is 216 Å². The van der Waals surface area contributed by atoms with Gasteiger partial charge in [-0.15, -0.1) is 0 Å². The number of para-hydroxylation sites is 2. The molecule has 1 aliphatic rings. The summed E-state index contributed by atoms with van der Waals surface area (Å²) in [4.78, 5) is 22.9. The Morgan fingerprint density at radius 3 is 2.50 bits per heavy atom. The van der Waals surface area contributed by atoms with Crippen molar-refractivity contribution in [1.29, 1.82) is 0 Å². The fraction of sp³-hybridized carbons (Fsp3) is 0.310. The van der Waals surface area contributed by atoms with Crippen LogP contribution in [0.4, 0.5) is 5.13 Å². The molecule has 0 atom stereocenters. The van der Waals surface area contributed by atoms with Gasteiger partial charge in [-0.25, -0.2) is 4.98 Å². The number of hydrogen-bond donors (Lipinski definition) is 0. The molecule has 0 N–H and O–H groups in total. The van der Waals surface area contributed by atoms with E-state index in [-0.39, 0.29) is 5.91 Å². The number of aromatic nitrogens is 1. The average Bonchev–Trinajstić information content (AvgIpc) is 3.36. The van der Waals surface area contributed by atoms with Crippen molar-refractivity contribution in [2.45, 2.75) is 19.8 Å². The lowest BCUT2D eigenvalue weighted by Crippen LogP contribution is -2.39. The Morgan fingerprint density at radius 1 is 1.00 bits per heavy atom. The third-order valence-electron chi connectivity index (χ3n) is 6.39. The number of aryl methyl sites for hydroxylation is 1. The van der Waals surface area contributed by atoms with Crippen LogP contribution in [-0.2, 0) is 11.2 Å². The van der Waals surface area contributed by atoms with Crippen molar-refractivity contribution in [1.82, 2.24) is 9.88 Å². The zero-order chi connectivity index (χ0) is 24.7. The quantitative estimate of drug-likeness (QED) is 0.281. The van der Waals surface area contributed by atoms with Crippen LogP contribution in [0.5, 0.6) is 11.5 Å². The van der Waals surface area contributed by atoms with Gasteiger partial charge in [-0.3, -0.25) is 14.6 Å². The molecule has 7 heteroatoms. The molecular formula is C29H31N3O3S. The molecule has 0 unspecified atom stereocenters. The van der Waals surface area contributed by atoms with Gasteiger partial charge in [0.1, 0.15) is 11.5 Å². The molecule has 1 saturated heterocycles. The number of benzene rings is 3. The minimum atomic E-state index is -0.0413. The number of carbonyl (C=O) groups excluding carboxylic acids is 1. The van der Waals surface area contributed by atoms with Crippen molar-refractivity contribution in [2.75, 3.05) is 44.3 Å². The molecule has 186 valence electrons. The Morgan fingerprint density at radius 2 is 1.75 bits per heavy atom. The average molecular weight is 502 g/mol. The van der Waals surface area contributed by atoms with Crippen LogP contribution in [0, 0.1) is 0 Å². The van der Waals surface area contributed by atoms with Crippen LogP contribution < -0.4 is 9.64 Å². The molecule has 4 aromatic rings. The number of morpholine rings is 1. The molecule has 0 saturated carbocycles. The van der Waals surface area contributed by atoms with Gasteiger partial charge in [0, 0.05) is 31.7 Å². The Kier molecular flexibility index (Phi) is 7.91. The lowest BCUT2D eigenvalue weighted by molar-refractivity contribution is 0.0376. The first-order valence-electron chi connectivity index (χ1n) is 12.5. The van der Waals surface area contributed by atoms with Crippen molar-refractivity contribution in [3.8, 4) is 11.5 Å². The first kappa shape index (κ1) is 24.4. The minimum Gasteiger partial charge on any atom is -0.457 e. The number of anilines is 1. The molecule has 1 amide bonds. The van der Waals surface area contributed by atoms with Crippen molar-refractivity contribution >= 4 is 32.6 Å². The van der Waals surface area contributed by atoms with E-state index in [1.807, 2.05) is 59.5 Å². The predicted octanol–water partition coefficient (Wildman–Crippen LogP) is 6.02. The highest BCUT2D eigenvalue weighted by atomic mass is 32.1. The summed E-state index contributed by atoms with van der Waals surface area (Å²) in [6, 6.07) is 23.3. The molecule has 5 rings (SSSR count). The van der Waals surface area contributed by atoms with Gasteiger partial charge in [0.05, 0.1) is 23.4 Å². The van der Waals surface area contributed by atoms with E-state index in [9.17, 15) is 4.79 Å². The van der Waals surface area contributed by atoms with E-state index in [0.29, 0.717) is 17.9 Å². The molecule has 6 nitrogen and oxygen atoms in total. The van der Waals surface area contributed by atoms with Gasteiger partial charge < -0.3 is 9.47 Å². The van der Waals surface area contributed by atoms with Crippen LogP contribution in [0.25, 0.3) is 10.2 Å². The van der Waals surface area contributed by atoms with Gasteiger partial charge in [0.25, 0.3) is 5.91 Å². The third-order valence-corrected chi connectivity index (χ3v) is 7.43. The maximum Gasteiger partial charge on any atom is 0.260 e. The van der Waals surface area contributed by atoms with Crippen LogP contribution in [0.2, 0.25) is 0 Å². The van der Waals surface area contributed by atoms with Crippen LogP contribution in [0.3, 0.4) is 0 Å². The van der Waals surface area contributed by atoms with E-state index >= 15 is 0 Å². The largest absolute Gasteiger partial charge is 0.457 e. The van der Waals surface area contributed by atoms with Gasteiger partial charge in [0.2, 0.25) is 0 Å². The molecule has 1 fully saturated rings. The van der Waals surface area contributed by atoms with E-state index < -0.39 is 0 Å². The molecule has 3 aromatic carbocycles. The summed E-state index contributed by atoms with van der Waals surface area (Å²) in [5, 5.41) is 0.752. The smallest absolute Gasteiger partial charge is 0.260 e. The number of rotatable bonds is 9. The number of nitrogens with zero attached hydrogens (tertiary/aromatic N) is 3. The topological polar surface area (TPSA) is 54.9 Å².